The van der Waals surface area contributed by atoms with Crippen LogP contribution in [-0.4, -0.2) is 46.0 Å². The summed E-state index contributed by atoms with van der Waals surface area (Å²) < 4.78 is 5.09. The number of carbonyl (C=O) groups excluding carboxylic acids is 1. The molecule has 1 N–H and O–H groups in total. The summed E-state index contributed by atoms with van der Waals surface area (Å²) >= 11 is 0. The van der Waals surface area contributed by atoms with Crippen LogP contribution in [0.4, 0.5) is 10.7 Å². The second-order valence-electron chi connectivity index (χ2n) is 5.16. The molecule has 0 aromatic carbocycles. The number of carbonyl (C=O) groups is 1. The Balaban J connectivity index is 2.29. The van der Waals surface area contributed by atoms with Gasteiger partial charge in [-0.15, -0.1) is 0 Å². The third-order valence-corrected chi connectivity index (χ3v) is 2.54. The zero-order chi connectivity index (χ0) is 12.8. The number of anilines is 1. The Bertz CT molecular complexity index is 437. The highest BCUT2D eigenvalue weighted by Crippen LogP contribution is 2.25. The molecule has 2 amide bonds. The monoisotopic (exact) mass is 240 g/mol. The number of amides is 2. The van der Waals surface area contributed by atoms with E-state index in [1.807, 2.05) is 20.8 Å². The molecule has 0 spiro atoms. The van der Waals surface area contributed by atoms with Crippen LogP contribution in [-0.2, 0) is 5.41 Å². The van der Waals surface area contributed by atoms with Crippen molar-refractivity contribution < 1.29 is 14.4 Å². The summed E-state index contributed by atoms with van der Waals surface area (Å²) in [5.74, 6) is 0.541. The van der Waals surface area contributed by atoms with Gasteiger partial charge in [0.1, 0.15) is 0 Å². The van der Waals surface area contributed by atoms with Crippen LogP contribution in [0.25, 0.3) is 0 Å². The molecule has 1 aliphatic heterocycles. The summed E-state index contributed by atoms with van der Waals surface area (Å²) in [7, 11) is 1.61. The third kappa shape index (κ3) is 1.97. The number of rotatable bonds is 1. The first-order chi connectivity index (χ1) is 7.80. The Morgan fingerprint density at radius 3 is 2.53 bits per heavy atom. The summed E-state index contributed by atoms with van der Waals surface area (Å²) in [6.45, 7) is 6.02. The van der Waals surface area contributed by atoms with Gasteiger partial charge >= 0.3 is 6.03 Å². The number of nitrogens with zero attached hydrogens (tertiary/aromatic N) is 4. The van der Waals surface area contributed by atoms with Crippen LogP contribution in [0, 0.1) is 0 Å². The predicted octanol–water partition coefficient (Wildman–Crippen LogP) is 0.557. The summed E-state index contributed by atoms with van der Waals surface area (Å²) in [4.78, 5) is 18.4. The Morgan fingerprint density at radius 1 is 1.47 bits per heavy atom. The van der Waals surface area contributed by atoms with Crippen molar-refractivity contribution in [1.29, 1.82) is 0 Å². The van der Waals surface area contributed by atoms with E-state index in [0.29, 0.717) is 5.89 Å². The number of aliphatic hydroxyl groups excluding tert-OH is 1. The van der Waals surface area contributed by atoms with E-state index in [4.69, 9.17) is 4.52 Å². The van der Waals surface area contributed by atoms with Crippen molar-refractivity contribution in [2.24, 2.45) is 0 Å². The first kappa shape index (κ1) is 11.8. The van der Waals surface area contributed by atoms with E-state index in [-0.39, 0.29) is 23.9 Å². The Kier molecular flexibility index (Phi) is 2.57. The fourth-order valence-corrected chi connectivity index (χ4v) is 1.55. The second-order valence-corrected chi connectivity index (χ2v) is 5.16. The molecule has 0 aliphatic carbocycles. The van der Waals surface area contributed by atoms with Gasteiger partial charge in [-0.25, -0.2) is 9.69 Å². The molecule has 94 valence electrons. The van der Waals surface area contributed by atoms with E-state index in [1.54, 1.807) is 7.05 Å². The zero-order valence-electron chi connectivity index (χ0n) is 10.3. The standard InChI is InChI=1S/C10H16N4O3/c1-10(2,3)7-11-8(12-17-7)14-6(15)5-13(4)9(14)16/h6,15H,5H2,1-4H3. The van der Waals surface area contributed by atoms with Crippen LogP contribution in [0.3, 0.4) is 0 Å². The van der Waals surface area contributed by atoms with Gasteiger partial charge in [0, 0.05) is 12.5 Å². The molecule has 0 saturated carbocycles. The van der Waals surface area contributed by atoms with Crippen LogP contribution in [0.5, 0.6) is 0 Å². The maximum absolute atomic E-state index is 11.7. The van der Waals surface area contributed by atoms with Crippen LogP contribution < -0.4 is 4.90 Å². The highest BCUT2D eigenvalue weighted by molar-refractivity contribution is 5.92. The Morgan fingerprint density at radius 2 is 2.12 bits per heavy atom. The highest BCUT2D eigenvalue weighted by atomic mass is 16.5. The second kappa shape index (κ2) is 3.69. The smallest absolute Gasteiger partial charge is 0.329 e. The first-order valence-corrected chi connectivity index (χ1v) is 5.37. The first-order valence-electron chi connectivity index (χ1n) is 5.37. The van der Waals surface area contributed by atoms with Gasteiger partial charge in [0.2, 0.25) is 5.89 Å². The highest BCUT2D eigenvalue weighted by Gasteiger charge is 2.38. The largest absolute Gasteiger partial charge is 0.371 e. The zero-order valence-corrected chi connectivity index (χ0v) is 10.3. The molecule has 1 fully saturated rings. The minimum atomic E-state index is -0.932. The van der Waals surface area contributed by atoms with Crippen LogP contribution in [0.15, 0.2) is 4.52 Å². The Hall–Kier alpha value is -1.63. The van der Waals surface area contributed by atoms with Crippen molar-refractivity contribution in [2.45, 2.75) is 32.4 Å². The number of β-amino-alcohol motifs (C(OH)–C–C–N with tert-alkyl or cyclic N) is 1. The van der Waals surface area contributed by atoms with E-state index in [1.165, 1.54) is 4.90 Å². The molecular formula is C10H16N4O3. The molecule has 2 rings (SSSR count). The summed E-state index contributed by atoms with van der Waals surface area (Å²) in [5, 5.41) is 13.5. The van der Waals surface area contributed by atoms with Gasteiger partial charge in [0.15, 0.2) is 6.23 Å². The fourth-order valence-electron chi connectivity index (χ4n) is 1.55. The summed E-state index contributed by atoms with van der Waals surface area (Å²) in [5.41, 5.74) is -0.287. The van der Waals surface area contributed by atoms with Gasteiger partial charge in [-0.3, -0.25) is 0 Å². The van der Waals surface area contributed by atoms with Gasteiger partial charge < -0.3 is 14.5 Å². The van der Waals surface area contributed by atoms with E-state index in [2.05, 4.69) is 10.1 Å². The molecule has 1 aromatic rings. The molecule has 7 nitrogen and oxygen atoms in total. The molecule has 2 heterocycles. The van der Waals surface area contributed by atoms with E-state index < -0.39 is 6.23 Å². The Labute approximate surface area is 99.0 Å². The van der Waals surface area contributed by atoms with Crippen molar-refractivity contribution in [3.63, 3.8) is 0 Å². The van der Waals surface area contributed by atoms with Crippen molar-refractivity contribution in [3.05, 3.63) is 5.89 Å². The third-order valence-electron chi connectivity index (χ3n) is 2.54. The molecule has 1 atom stereocenters. The lowest BCUT2D eigenvalue weighted by Gasteiger charge is -2.14. The number of hydrogen-bond acceptors (Lipinski definition) is 5. The normalized spacial score (nSPS) is 21.5. The minimum absolute atomic E-state index is 0.108. The molecule has 1 unspecified atom stereocenters. The average molecular weight is 240 g/mol. The number of hydrogen-bond donors (Lipinski definition) is 1. The van der Waals surface area contributed by atoms with Crippen molar-refractivity contribution in [1.82, 2.24) is 15.0 Å². The van der Waals surface area contributed by atoms with E-state index in [0.717, 1.165) is 4.90 Å². The quantitative estimate of drug-likeness (QED) is 0.775. The predicted molar refractivity (Wildman–Crippen MR) is 59.5 cm³/mol. The van der Waals surface area contributed by atoms with E-state index in [9.17, 15) is 9.90 Å². The van der Waals surface area contributed by atoms with Gasteiger partial charge in [-0.2, -0.15) is 4.98 Å². The molecule has 1 aliphatic rings. The van der Waals surface area contributed by atoms with Crippen molar-refractivity contribution >= 4 is 12.0 Å². The average Bonchev–Trinajstić information content (AvgIpc) is 2.73. The molecule has 1 saturated heterocycles. The maximum Gasteiger partial charge on any atom is 0.329 e. The number of urea groups is 1. The number of aliphatic hydroxyl groups is 1. The van der Waals surface area contributed by atoms with Crippen LogP contribution in [0.1, 0.15) is 26.7 Å². The molecular weight excluding hydrogens is 224 g/mol. The number of likely N-dealkylation sites (N-methyl/N-ethyl adjacent to an activating group) is 1. The van der Waals surface area contributed by atoms with Crippen LogP contribution in [0.2, 0.25) is 0 Å². The molecule has 0 radical (unpaired) electrons. The minimum Gasteiger partial charge on any atom is -0.371 e. The fraction of sp³-hybridized carbons (Fsp3) is 0.700. The SMILES string of the molecule is CN1CC(O)N(c2noc(C(C)(C)C)n2)C1=O. The van der Waals surface area contributed by atoms with Crippen molar-refractivity contribution in [3.8, 4) is 0 Å². The summed E-state index contributed by atoms with van der Waals surface area (Å²) in [6.07, 6.45) is -0.932. The van der Waals surface area contributed by atoms with Crippen LogP contribution >= 0.6 is 0 Å². The molecule has 17 heavy (non-hydrogen) atoms. The number of aromatic nitrogens is 2. The van der Waals surface area contributed by atoms with E-state index >= 15 is 0 Å². The van der Waals surface area contributed by atoms with Gasteiger partial charge in [0.25, 0.3) is 5.95 Å². The van der Waals surface area contributed by atoms with Gasteiger partial charge in [-0.1, -0.05) is 20.8 Å². The lowest BCUT2D eigenvalue weighted by Crippen LogP contribution is -2.35. The topological polar surface area (TPSA) is 82.7 Å². The van der Waals surface area contributed by atoms with Crippen molar-refractivity contribution in [2.75, 3.05) is 18.5 Å². The molecule has 0 bridgehead atoms. The van der Waals surface area contributed by atoms with Gasteiger partial charge in [-0.05, 0) is 5.16 Å². The summed E-state index contributed by atoms with van der Waals surface area (Å²) in [6, 6.07) is -0.334. The lowest BCUT2D eigenvalue weighted by molar-refractivity contribution is 0.182. The maximum atomic E-state index is 11.7. The molecule has 7 heteroatoms. The van der Waals surface area contributed by atoms with Gasteiger partial charge in [0.05, 0.1) is 6.54 Å². The lowest BCUT2D eigenvalue weighted by atomic mass is 9.97. The molecule has 1 aromatic heterocycles.